The minimum atomic E-state index is -0.804. The monoisotopic (exact) mass is 371 g/mol. The topological polar surface area (TPSA) is 77.8 Å². The second-order valence-electron chi connectivity index (χ2n) is 5.15. The second kappa shape index (κ2) is 7.76. The first-order chi connectivity index (χ1) is 12.6. The summed E-state index contributed by atoms with van der Waals surface area (Å²) < 4.78 is 15.5. The van der Waals surface area contributed by atoms with E-state index < -0.39 is 12.1 Å². The lowest BCUT2D eigenvalue weighted by molar-refractivity contribution is 0.0601. The van der Waals surface area contributed by atoms with E-state index in [4.69, 9.17) is 25.5 Å². The van der Waals surface area contributed by atoms with Crippen molar-refractivity contribution in [1.29, 1.82) is 0 Å². The molecule has 6 nitrogen and oxygen atoms in total. The summed E-state index contributed by atoms with van der Waals surface area (Å²) >= 11 is 6.16. The Balaban J connectivity index is 1.89. The third-order valence-corrected chi connectivity index (χ3v) is 3.78. The summed E-state index contributed by atoms with van der Waals surface area (Å²) in [4.78, 5) is 24.1. The van der Waals surface area contributed by atoms with Gasteiger partial charge in [0.05, 0.1) is 12.1 Å². The van der Waals surface area contributed by atoms with Gasteiger partial charge in [0, 0.05) is 11.6 Å². The number of halogens is 1. The average molecular weight is 372 g/mol. The third-order valence-electron chi connectivity index (χ3n) is 3.45. The van der Waals surface area contributed by atoms with Crippen LogP contribution < -0.4 is 10.1 Å². The average Bonchev–Trinajstić information content (AvgIpc) is 3.05. The number of esters is 1. The van der Waals surface area contributed by atoms with Gasteiger partial charge in [-0.25, -0.2) is 9.59 Å². The molecule has 0 atom stereocenters. The van der Waals surface area contributed by atoms with Crippen LogP contribution in [0.2, 0.25) is 5.02 Å². The first-order valence-corrected chi connectivity index (χ1v) is 7.97. The summed E-state index contributed by atoms with van der Waals surface area (Å²) in [5.41, 5.74) is 0.622. The Labute approximate surface area is 154 Å². The number of rotatable bonds is 4. The number of amides is 1. The van der Waals surface area contributed by atoms with Gasteiger partial charge >= 0.3 is 12.1 Å². The molecule has 3 aromatic rings. The molecule has 132 valence electrons. The van der Waals surface area contributed by atoms with Crippen LogP contribution in [0.15, 0.2) is 65.1 Å². The number of nitrogens with one attached hydrogen (secondary N) is 1. The SMILES string of the molecule is COC(=O)c1cc(-c2ccccc2Cl)oc1NC(=O)Oc1ccccc1. The maximum Gasteiger partial charge on any atom is 0.419 e. The first-order valence-electron chi connectivity index (χ1n) is 7.59. The summed E-state index contributed by atoms with van der Waals surface area (Å²) in [5.74, 6) is -0.0942. The Bertz CT molecular complexity index is 936. The number of hydrogen-bond acceptors (Lipinski definition) is 5. The smallest absolute Gasteiger partial charge is 0.419 e. The maximum atomic E-state index is 12.1. The van der Waals surface area contributed by atoms with E-state index in [1.807, 2.05) is 0 Å². The standard InChI is InChI=1S/C19H14ClNO5/c1-24-18(22)14-11-16(13-9-5-6-10-15(13)20)26-17(14)21-19(23)25-12-7-3-2-4-8-12/h2-11H,1H3,(H,21,23). The van der Waals surface area contributed by atoms with Crippen LogP contribution in [0.5, 0.6) is 5.75 Å². The zero-order valence-electron chi connectivity index (χ0n) is 13.7. The van der Waals surface area contributed by atoms with Crippen molar-refractivity contribution < 1.29 is 23.5 Å². The molecule has 26 heavy (non-hydrogen) atoms. The minimum absolute atomic E-state index is 0.0485. The minimum Gasteiger partial charge on any atom is -0.465 e. The lowest BCUT2D eigenvalue weighted by atomic mass is 10.1. The summed E-state index contributed by atoms with van der Waals surface area (Å²) in [7, 11) is 1.23. The number of benzene rings is 2. The second-order valence-corrected chi connectivity index (χ2v) is 5.56. The Morgan fingerprint density at radius 2 is 1.73 bits per heavy atom. The number of furan rings is 1. The number of anilines is 1. The van der Waals surface area contributed by atoms with E-state index >= 15 is 0 Å². The number of methoxy groups -OCH3 is 1. The molecular weight excluding hydrogens is 358 g/mol. The van der Waals surface area contributed by atoms with E-state index in [1.54, 1.807) is 54.6 Å². The summed E-state index contributed by atoms with van der Waals surface area (Å²) in [6.45, 7) is 0. The number of carbonyl (C=O) groups is 2. The van der Waals surface area contributed by atoms with Gasteiger partial charge in [0.15, 0.2) is 0 Å². The molecule has 0 saturated carbocycles. The van der Waals surface area contributed by atoms with Gasteiger partial charge in [-0.1, -0.05) is 41.9 Å². The molecule has 2 aromatic carbocycles. The molecule has 7 heteroatoms. The highest BCUT2D eigenvalue weighted by Gasteiger charge is 2.22. The number of para-hydroxylation sites is 1. The lowest BCUT2D eigenvalue weighted by Crippen LogP contribution is -2.18. The van der Waals surface area contributed by atoms with Crippen molar-refractivity contribution in [3.8, 4) is 17.1 Å². The van der Waals surface area contributed by atoms with Gasteiger partial charge in [-0.15, -0.1) is 0 Å². The molecule has 0 radical (unpaired) electrons. The zero-order valence-corrected chi connectivity index (χ0v) is 14.4. The third kappa shape index (κ3) is 3.87. The zero-order chi connectivity index (χ0) is 18.5. The van der Waals surface area contributed by atoms with E-state index in [2.05, 4.69) is 5.32 Å². The fourth-order valence-electron chi connectivity index (χ4n) is 2.25. The van der Waals surface area contributed by atoms with Crippen LogP contribution in [0.1, 0.15) is 10.4 Å². The van der Waals surface area contributed by atoms with E-state index in [1.165, 1.54) is 13.2 Å². The molecule has 0 aliphatic carbocycles. The molecule has 1 amide bonds. The van der Waals surface area contributed by atoms with Crippen LogP contribution in [0, 0.1) is 0 Å². The van der Waals surface area contributed by atoms with Crippen LogP contribution >= 0.6 is 11.6 Å². The normalized spacial score (nSPS) is 10.2. The van der Waals surface area contributed by atoms with E-state index in [9.17, 15) is 9.59 Å². The van der Waals surface area contributed by atoms with Crippen LogP contribution in [0.25, 0.3) is 11.3 Å². The van der Waals surface area contributed by atoms with E-state index in [0.29, 0.717) is 22.1 Å². The molecule has 0 fully saturated rings. The molecule has 0 unspecified atom stereocenters. The van der Waals surface area contributed by atoms with Crippen molar-refractivity contribution in [2.45, 2.75) is 0 Å². The predicted molar refractivity (Wildman–Crippen MR) is 96.6 cm³/mol. The van der Waals surface area contributed by atoms with Crippen molar-refractivity contribution in [2.75, 3.05) is 12.4 Å². The highest BCUT2D eigenvalue weighted by molar-refractivity contribution is 6.33. The van der Waals surface area contributed by atoms with Crippen molar-refractivity contribution in [3.63, 3.8) is 0 Å². The molecule has 1 heterocycles. The summed E-state index contributed by atoms with van der Waals surface area (Å²) in [6.07, 6.45) is -0.804. The Hall–Kier alpha value is -3.25. The predicted octanol–water partition coefficient (Wildman–Crippen LogP) is 5.00. The number of carbonyl (C=O) groups excluding carboxylic acids is 2. The molecule has 1 N–H and O–H groups in total. The fraction of sp³-hybridized carbons (Fsp3) is 0.0526. The Kier molecular flexibility index (Phi) is 5.24. The Morgan fingerprint density at radius 3 is 2.42 bits per heavy atom. The van der Waals surface area contributed by atoms with Crippen LogP contribution in [0.3, 0.4) is 0 Å². The molecular formula is C19H14ClNO5. The van der Waals surface area contributed by atoms with Crippen LogP contribution in [-0.4, -0.2) is 19.2 Å². The Morgan fingerprint density at radius 1 is 1.04 bits per heavy atom. The quantitative estimate of drug-likeness (QED) is 0.653. The first kappa shape index (κ1) is 17.6. The van der Waals surface area contributed by atoms with Gasteiger partial charge in [-0.05, 0) is 24.3 Å². The summed E-state index contributed by atoms with van der Waals surface area (Å²) in [5, 5.41) is 2.85. The molecule has 0 aliphatic heterocycles. The van der Waals surface area contributed by atoms with Crippen molar-refractivity contribution >= 4 is 29.5 Å². The van der Waals surface area contributed by atoms with Gasteiger partial charge in [-0.2, -0.15) is 0 Å². The lowest BCUT2D eigenvalue weighted by Gasteiger charge is -2.05. The van der Waals surface area contributed by atoms with Gasteiger partial charge in [0.2, 0.25) is 5.88 Å². The van der Waals surface area contributed by atoms with Crippen LogP contribution in [0.4, 0.5) is 10.7 Å². The molecule has 3 rings (SSSR count). The maximum absolute atomic E-state index is 12.1. The van der Waals surface area contributed by atoms with Gasteiger partial charge < -0.3 is 13.9 Å². The van der Waals surface area contributed by atoms with Crippen molar-refractivity contribution in [2.24, 2.45) is 0 Å². The number of ether oxygens (including phenoxy) is 2. The van der Waals surface area contributed by atoms with E-state index in [-0.39, 0.29) is 11.4 Å². The van der Waals surface area contributed by atoms with Crippen LogP contribution in [-0.2, 0) is 4.74 Å². The molecule has 0 bridgehead atoms. The van der Waals surface area contributed by atoms with Crippen molar-refractivity contribution in [1.82, 2.24) is 0 Å². The number of hydrogen-bond donors (Lipinski definition) is 1. The molecule has 0 aliphatic rings. The largest absolute Gasteiger partial charge is 0.465 e. The van der Waals surface area contributed by atoms with Gasteiger partial charge in [0.1, 0.15) is 17.1 Å². The highest BCUT2D eigenvalue weighted by Crippen LogP contribution is 2.34. The summed E-state index contributed by atoms with van der Waals surface area (Å²) in [6, 6.07) is 16.9. The molecule has 0 saturated heterocycles. The van der Waals surface area contributed by atoms with Crippen molar-refractivity contribution in [3.05, 3.63) is 71.2 Å². The van der Waals surface area contributed by atoms with E-state index in [0.717, 1.165) is 0 Å². The highest BCUT2D eigenvalue weighted by atomic mass is 35.5. The fourth-order valence-corrected chi connectivity index (χ4v) is 2.48. The molecule has 1 aromatic heterocycles. The van der Waals surface area contributed by atoms with Gasteiger partial charge in [0.25, 0.3) is 0 Å². The molecule has 0 spiro atoms. The van der Waals surface area contributed by atoms with Gasteiger partial charge in [-0.3, -0.25) is 5.32 Å².